The van der Waals surface area contributed by atoms with Gasteiger partial charge in [0.25, 0.3) is 0 Å². The summed E-state index contributed by atoms with van der Waals surface area (Å²) in [4.78, 5) is 6.52. The number of hydrogen-bond donors (Lipinski definition) is 2. The summed E-state index contributed by atoms with van der Waals surface area (Å²) in [6.07, 6.45) is 6.01. The molecule has 3 rings (SSSR count). The van der Waals surface area contributed by atoms with Crippen LogP contribution in [0.1, 0.15) is 12.8 Å². The van der Waals surface area contributed by atoms with E-state index in [0.29, 0.717) is 11.9 Å². The van der Waals surface area contributed by atoms with Crippen LogP contribution in [0.2, 0.25) is 0 Å². The van der Waals surface area contributed by atoms with Gasteiger partial charge in [0.2, 0.25) is 0 Å². The molecule has 1 fully saturated rings. The Morgan fingerprint density at radius 2 is 2.40 bits per heavy atom. The lowest BCUT2D eigenvalue weighted by Gasteiger charge is -2.30. The van der Waals surface area contributed by atoms with Gasteiger partial charge in [-0.3, -0.25) is 4.98 Å². The Kier molecular flexibility index (Phi) is 3.84. The number of aromatic nitrogens is 2. The molecule has 106 valence electrons. The molecule has 6 heteroatoms. The second-order valence-electron chi connectivity index (χ2n) is 5.26. The molecule has 0 aliphatic carbocycles. The lowest BCUT2D eigenvalue weighted by Crippen LogP contribution is -2.39. The van der Waals surface area contributed by atoms with Crippen molar-refractivity contribution in [3.63, 3.8) is 0 Å². The quantitative estimate of drug-likeness (QED) is 0.907. The first-order chi connectivity index (χ1) is 9.74. The number of nitrogens with zero attached hydrogens (tertiary/aromatic N) is 3. The molecule has 0 radical (unpaired) electrons. The SMILES string of the molecule is CN1CCCC(Nc2snc(N)c2-c2cccnc2)C1. The molecule has 1 aliphatic rings. The van der Waals surface area contributed by atoms with Gasteiger partial charge in [0, 0.05) is 30.5 Å². The summed E-state index contributed by atoms with van der Waals surface area (Å²) < 4.78 is 4.29. The molecule has 0 amide bonds. The topological polar surface area (TPSA) is 67.1 Å². The smallest absolute Gasteiger partial charge is 0.147 e. The van der Waals surface area contributed by atoms with E-state index in [4.69, 9.17) is 5.73 Å². The van der Waals surface area contributed by atoms with Crippen LogP contribution in [-0.4, -0.2) is 40.4 Å². The maximum Gasteiger partial charge on any atom is 0.147 e. The Bertz CT molecular complexity index is 568. The number of hydrogen-bond acceptors (Lipinski definition) is 6. The predicted molar refractivity (Wildman–Crippen MR) is 83.9 cm³/mol. The van der Waals surface area contributed by atoms with Crippen molar-refractivity contribution in [1.29, 1.82) is 0 Å². The Labute approximate surface area is 123 Å². The predicted octanol–water partition coefficient (Wildman–Crippen LogP) is 2.29. The van der Waals surface area contributed by atoms with E-state index in [2.05, 4.69) is 26.6 Å². The summed E-state index contributed by atoms with van der Waals surface area (Å²) in [5, 5.41) is 4.66. The van der Waals surface area contributed by atoms with Gasteiger partial charge in [-0.15, -0.1) is 0 Å². The van der Waals surface area contributed by atoms with Gasteiger partial charge in [0.15, 0.2) is 0 Å². The van der Waals surface area contributed by atoms with Crippen molar-refractivity contribution < 1.29 is 0 Å². The van der Waals surface area contributed by atoms with E-state index >= 15 is 0 Å². The number of likely N-dealkylation sites (N-methyl/N-ethyl adjacent to an activating group) is 1. The fraction of sp³-hybridized carbons (Fsp3) is 0.429. The van der Waals surface area contributed by atoms with Gasteiger partial charge in [-0.05, 0) is 44.0 Å². The third-order valence-electron chi connectivity index (χ3n) is 3.63. The summed E-state index contributed by atoms with van der Waals surface area (Å²) in [5.41, 5.74) is 8.03. The minimum absolute atomic E-state index is 0.462. The molecule has 1 aliphatic heterocycles. The molecule has 1 unspecified atom stereocenters. The Hall–Kier alpha value is -1.66. The summed E-state index contributed by atoms with van der Waals surface area (Å²) in [7, 11) is 2.16. The Balaban J connectivity index is 1.84. The van der Waals surface area contributed by atoms with E-state index < -0.39 is 0 Å². The zero-order chi connectivity index (χ0) is 13.9. The first kappa shape index (κ1) is 13.3. The highest BCUT2D eigenvalue weighted by molar-refractivity contribution is 7.11. The van der Waals surface area contributed by atoms with Crippen molar-refractivity contribution in [2.24, 2.45) is 0 Å². The zero-order valence-corrected chi connectivity index (χ0v) is 12.4. The van der Waals surface area contributed by atoms with Crippen molar-refractivity contribution in [3.05, 3.63) is 24.5 Å². The summed E-state index contributed by atoms with van der Waals surface area (Å²) in [6, 6.07) is 4.40. The van der Waals surface area contributed by atoms with E-state index in [1.165, 1.54) is 30.9 Å². The van der Waals surface area contributed by atoms with Crippen LogP contribution in [0.25, 0.3) is 11.1 Å². The number of anilines is 2. The highest BCUT2D eigenvalue weighted by Crippen LogP contribution is 2.37. The largest absolute Gasteiger partial charge is 0.382 e. The van der Waals surface area contributed by atoms with Crippen molar-refractivity contribution in [2.75, 3.05) is 31.2 Å². The minimum atomic E-state index is 0.462. The maximum atomic E-state index is 6.03. The molecule has 0 bridgehead atoms. The molecule has 0 aromatic carbocycles. The van der Waals surface area contributed by atoms with Gasteiger partial charge in [-0.1, -0.05) is 6.07 Å². The Morgan fingerprint density at radius 1 is 1.50 bits per heavy atom. The van der Waals surface area contributed by atoms with Gasteiger partial charge in [-0.25, -0.2) is 0 Å². The van der Waals surface area contributed by atoms with Gasteiger partial charge < -0.3 is 16.0 Å². The molecule has 0 saturated carbocycles. The van der Waals surface area contributed by atoms with E-state index in [0.717, 1.165) is 22.7 Å². The van der Waals surface area contributed by atoms with Gasteiger partial charge in [0.05, 0.1) is 5.56 Å². The summed E-state index contributed by atoms with van der Waals surface area (Å²) in [6.45, 7) is 2.24. The van der Waals surface area contributed by atoms with Crippen LogP contribution in [-0.2, 0) is 0 Å². The standard InChI is InChI=1S/C14H19N5S/c1-19-7-3-5-11(9-19)17-14-12(13(15)18-20-14)10-4-2-6-16-8-10/h2,4,6,8,11,17H,3,5,7,9H2,1H3,(H2,15,18). The average molecular weight is 289 g/mol. The first-order valence-electron chi connectivity index (χ1n) is 6.84. The number of pyridine rings is 1. The molecule has 0 spiro atoms. The Morgan fingerprint density at radius 3 is 3.15 bits per heavy atom. The fourth-order valence-electron chi connectivity index (χ4n) is 2.66. The van der Waals surface area contributed by atoms with Crippen LogP contribution < -0.4 is 11.1 Å². The van der Waals surface area contributed by atoms with Gasteiger partial charge >= 0.3 is 0 Å². The lowest BCUT2D eigenvalue weighted by atomic mass is 10.1. The second kappa shape index (κ2) is 5.76. The van der Waals surface area contributed by atoms with Crippen LogP contribution in [0, 0.1) is 0 Å². The third kappa shape index (κ3) is 2.76. The van der Waals surface area contributed by atoms with E-state index in [-0.39, 0.29) is 0 Å². The molecule has 5 nitrogen and oxygen atoms in total. The van der Waals surface area contributed by atoms with E-state index in [1.54, 1.807) is 6.20 Å². The molecular weight excluding hydrogens is 270 g/mol. The molecule has 2 aromatic rings. The monoisotopic (exact) mass is 289 g/mol. The normalized spacial score (nSPS) is 19.9. The molecule has 3 heterocycles. The zero-order valence-electron chi connectivity index (χ0n) is 11.5. The third-order valence-corrected chi connectivity index (χ3v) is 4.42. The molecule has 20 heavy (non-hydrogen) atoms. The fourth-order valence-corrected chi connectivity index (χ4v) is 3.47. The maximum absolute atomic E-state index is 6.03. The van der Waals surface area contributed by atoms with E-state index in [1.807, 2.05) is 18.3 Å². The molecule has 1 saturated heterocycles. The van der Waals surface area contributed by atoms with Crippen LogP contribution in [0.15, 0.2) is 24.5 Å². The van der Waals surface area contributed by atoms with Crippen molar-refractivity contribution >= 4 is 22.4 Å². The molecular formula is C14H19N5S. The van der Waals surface area contributed by atoms with E-state index in [9.17, 15) is 0 Å². The molecule has 1 atom stereocenters. The highest BCUT2D eigenvalue weighted by Gasteiger charge is 2.20. The minimum Gasteiger partial charge on any atom is -0.382 e. The summed E-state index contributed by atoms with van der Waals surface area (Å²) in [5.74, 6) is 0.578. The number of nitrogens with one attached hydrogen (secondary N) is 1. The number of rotatable bonds is 3. The highest BCUT2D eigenvalue weighted by atomic mass is 32.1. The summed E-state index contributed by atoms with van der Waals surface area (Å²) >= 11 is 1.43. The van der Waals surface area contributed by atoms with Crippen LogP contribution in [0.3, 0.4) is 0 Å². The number of nitrogens with two attached hydrogens (primary N) is 1. The average Bonchev–Trinajstić information content (AvgIpc) is 2.81. The van der Waals surface area contributed by atoms with Crippen LogP contribution in [0.5, 0.6) is 0 Å². The van der Waals surface area contributed by atoms with Crippen molar-refractivity contribution in [2.45, 2.75) is 18.9 Å². The van der Waals surface area contributed by atoms with Crippen LogP contribution in [0.4, 0.5) is 10.8 Å². The van der Waals surface area contributed by atoms with Crippen molar-refractivity contribution in [3.8, 4) is 11.1 Å². The number of likely N-dealkylation sites (tertiary alicyclic amines) is 1. The number of nitrogen functional groups attached to an aromatic ring is 1. The van der Waals surface area contributed by atoms with Gasteiger partial charge in [0.1, 0.15) is 10.8 Å². The van der Waals surface area contributed by atoms with Crippen LogP contribution >= 0.6 is 11.5 Å². The lowest BCUT2D eigenvalue weighted by molar-refractivity contribution is 0.261. The van der Waals surface area contributed by atoms with Gasteiger partial charge in [-0.2, -0.15) is 4.37 Å². The second-order valence-corrected chi connectivity index (χ2v) is 6.03. The first-order valence-corrected chi connectivity index (χ1v) is 7.62. The van der Waals surface area contributed by atoms with Crippen molar-refractivity contribution in [1.82, 2.24) is 14.3 Å². The molecule has 2 aromatic heterocycles. The number of piperidine rings is 1. The molecule has 3 N–H and O–H groups in total.